The maximum atomic E-state index is 12.3. The first-order valence-electron chi connectivity index (χ1n) is 6.10. The Morgan fingerprint density at radius 2 is 2.28 bits per heavy atom. The summed E-state index contributed by atoms with van der Waals surface area (Å²) in [4.78, 5) is 24.7. The van der Waals surface area contributed by atoms with Crippen LogP contribution in [0.2, 0.25) is 0 Å². The number of aromatic nitrogens is 2. The van der Waals surface area contributed by atoms with Crippen LogP contribution in [-0.2, 0) is 11.8 Å². The van der Waals surface area contributed by atoms with Gasteiger partial charge in [-0.2, -0.15) is 5.10 Å². The Morgan fingerprint density at radius 1 is 1.50 bits per heavy atom. The number of carbonyl (C=O) groups excluding carboxylic acids is 1. The van der Waals surface area contributed by atoms with E-state index in [4.69, 9.17) is 5.11 Å². The summed E-state index contributed by atoms with van der Waals surface area (Å²) in [6.07, 6.45) is 4.38. The quantitative estimate of drug-likeness (QED) is 0.865. The number of carboxylic acids is 1. The third-order valence-corrected chi connectivity index (χ3v) is 3.23. The molecule has 1 aromatic rings. The molecule has 1 N–H and O–H groups in total. The van der Waals surface area contributed by atoms with Crippen molar-refractivity contribution >= 4 is 11.9 Å². The number of hydrogen-bond donors (Lipinski definition) is 1. The fourth-order valence-corrected chi connectivity index (χ4v) is 2.36. The predicted octanol–water partition coefficient (Wildman–Crippen LogP) is 0.889. The Bertz CT molecular complexity index is 455. The molecule has 1 atom stereocenters. The Morgan fingerprint density at radius 3 is 2.89 bits per heavy atom. The number of hydrogen-bond acceptors (Lipinski definition) is 3. The van der Waals surface area contributed by atoms with Crippen molar-refractivity contribution in [2.75, 3.05) is 6.54 Å². The number of carbonyl (C=O) groups is 2. The molecule has 0 radical (unpaired) electrons. The number of piperidine rings is 1. The molecule has 1 unspecified atom stereocenters. The molecule has 0 aliphatic carbocycles. The molecule has 1 aliphatic heterocycles. The van der Waals surface area contributed by atoms with Gasteiger partial charge >= 0.3 is 5.97 Å². The monoisotopic (exact) mass is 251 g/mol. The molecule has 98 valence electrons. The average molecular weight is 251 g/mol. The highest BCUT2D eigenvalue weighted by atomic mass is 16.4. The lowest BCUT2D eigenvalue weighted by Gasteiger charge is -2.34. The zero-order valence-electron chi connectivity index (χ0n) is 10.4. The number of likely N-dealkylation sites (tertiary alicyclic amines) is 1. The molecule has 0 bridgehead atoms. The fraction of sp³-hybridized carbons (Fsp3) is 0.583. The zero-order chi connectivity index (χ0) is 13.1. The van der Waals surface area contributed by atoms with E-state index in [2.05, 4.69) is 5.10 Å². The van der Waals surface area contributed by atoms with E-state index < -0.39 is 5.97 Å². The summed E-state index contributed by atoms with van der Waals surface area (Å²) in [7, 11) is 1.75. The van der Waals surface area contributed by atoms with Gasteiger partial charge in [0.25, 0.3) is 5.91 Å². The topological polar surface area (TPSA) is 75.4 Å². The standard InChI is InChI=1S/C12H17N3O3/c1-14-7-5-10(13-14)12(18)15-6-3-2-4-9(15)8-11(16)17/h5,7,9H,2-4,6,8H2,1H3,(H,16,17). The molecule has 1 amide bonds. The lowest BCUT2D eigenvalue weighted by molar-refractivity contribution is -0.138. The van der Waals surface area contributed by atoms with Gasteiger partial charge in [-0.3, -0.25) is 14.3 Å². The van der Waals surface area contributed by atoms with E-state index in [1.54, 1.807) is 28.9 Å². The second kappa shape index (κ2) is 5.20. The summed E-state index contributed by atoms with van der Waals surface area (Å²) >= 11 is 0. The highest BCUT2D eigenvalue weighted by molar-refractivity contribution is 5.92. The van der Waals surface area contributed by atoms with E-state index in [9.17, 15) is 9.59 Å². The first kappa shape index (κ1) is 12.6. The van der Waals surface area contributed by atoms with Crippen LogP contribution in [0.4, 0.5) is 0 Å². The van der Waals surface area contributed by atoms with Crippen molar-refractivity contribution in [2.45, 2.75) is 31.7 Å². The molecule has 2 rings (SSSR count). The van der Waals surface area contributed by atoms with Gasteiger partial charge in [0.1, 0.15) is 5.69 Å². The van der Waals surface area contributed by atoms with Crippen LogP contribution in [0.25, 0.3) is 0 Å². The summed E-state index contributed by atoms with van der Waals surface area (Å²) in [6, 6.07) is 1.46. The number of carboxylic acid groups (broad SMARTS) is 1. The van der Waals surface area contributed by atoms with Crippen molar-refractivity contribution in [1.29, 1.82) is 0 Å². The first-order chi connectivity index (χ1) is 8.58. The van der Waals surface area contributed by atoms with Gasteiger partial charge in [-0.25, -0.2) is 0 Å². The van der Waals surface area contributed by atoms with Crippen LogP contribution in [-0.4, -0.2) is 44.3 Å². The summed E-state index contributed by atoms with van der Waals surface area (Å²) < 4.78 is 1.57. The maximum Gasteiger partial charge on any atom is 0.305 e. The van der Waals surface area contributed by atoms with E-state index in [0.29, 0.717) is 12.2 Å². The van der Waals surface area contributed by atoms with Crippen LogP contribution in [0.3, 0.4) is 0 Å². The fourth-order valence-electron chi connectivity index (χ4n) is 2.36. The number of amides is 1. The lowest BCUT2D eigenvalue weighted by atomic mass is 9.99. The summed E-state index contributed by atoms with van der Waals surface area (Å²) in [6.45, 7) is 0.618. The van der Waals surface area contributed by atoms with Crippen molar-refractivity contribution in [3.8, 4) is 0 Å². The molecule has 6 heteroatoms. The number of nitrogens with zero attached hydrogens (tertiary/aromatic N) is 3. The van der Waals surface area contributed by atoms with Crippen molar-refractivity contribution in [3.63, 3.8) is 0 Å². The lowest BCUT2D eigenvalue weighted by Crippen LogP contribution is -2.44. The molecule has 18 heavy (non-hydrogen) atoms. The van der Waals surface area contributed by atoms with Gasteiger partial charge in [0.15, 0.2) is 0 Å². The molecule has 1 fully saturated rings. The normalized spacial score (nSPS) is 19.8. The zero-order valence-corrected chi connectivity index (χ0v) is 10.4. The van der Waals surface area contributed by atoms with Gasteiger partial charge < -0.3 is 10.0 Å². The Balaban J connectivity index is 2.13. The van der Waals surface area contributed by atoms with E-state index in [1.165, 1.54) is 0 Å². The van der Waals surface area contributed by atoms with E-state index in [-0.39, 0.29) is 18.4 Å². The van der Waals surface area contributed by atoms with Crippen LogP contribution < -0.4 is 0 Å². The van der Waals surface area contributed by atoms with E-state index in [1.807, 2.05) is 0 Å². The second-order valence-electron chi connectivity index (χ2n) is 4.62. The van der Waals surface area contributed by atoms with Crippen molar-refractivity contribution in [2.24, 2.45) is 7.05 Å². The minimum atomic E-state index is -0.860. The van der Waals surface area contributed by atoms with Gasteiger partial charge in [0.05, 0.1) is 6.42 Å². The molecule has 6 nitrogen and oxygen atoms in total. The van der Waals surface area contributed by atoms with Crippen molar-refractivity contribution < 1.29 is 14.7 Å². The number of aliphatic carboxylic acids is 1. The van der Waals surface area contributed by atoms with Gasteiger partial charge in [-0.05, 0) is 25.3 Å². The molecular formula is C12H17N3O3. The molecule has 1 saturated heterocycles. The Hall–Kier alpha value is -1.85. The van der Waals surface area contributed by atoms with Gasteiger partial charge in [-0.1, -0.05) is 0 Å². The highest BCUT2D eigenvalue weighted by Gasteiger charge is 2.29. The first-order valence-corrected chi connectivity index (χ1v) is 6.10. The van der Waals surface area contributed by atoms with Crippen LogP contribution in [0.15, 0.2) is 12.3 Å². The smallest absolute Gasteiger partial charge is 0.305 e. The van der Waals surface area contributed by atoms with Gasteiger partial charge in [-0.15, -0.1) is 0 Å². The highest BCUT2D eigenvalue weighted by Crippen LogP contribution is 2.21. The summed E-state index contributed by atoms with van der Waals surface area (Å²) in [5, 5.41) is 13.0. The van der Waals surface area contributed by atoms with Gasteiger partial charge in [0, 0.05) is 25.8 Å². The van der Waals surface area contributed by atoms with Crippen LogP contribution >= 0.6 is 0 Å². The summed E-state index contributed by atoms with van der Waals surface area (Å²) in [5.41, 5.74) is 0.384. The molecule has 1 aliphatic rings. The molecule has 1 aromatic heterocycles. The molecule has 0 saturated carbocycles. The van der Waals surface area contributed by atoms with E-state index in [0.717, 1.165) is 19.3 Å². The molecule has 0 aromatic carbocycles. The average Bonchev–Trinajstić information content (AvgIpc) is 2.75. The maximum absolute atomic E-state index is 12.3. The molecule has 0 spiro atoms. The third kappa shape index (κ3) is 2.69. The number of rotatable bonds is 3. The number of aryl methyl sites for hydroxylation is 1. The second-order valence-corrected chi connectivity index (χ2v) is 4.62. The van der Waals surface area contributed by atoms with Gasteiger partial charge in [0.2, 0.25) is 0 Å². The van der Waals surface area contributed by atoms with Crippen molar-refractivity contribution in [3.05, 3.63) is 18.0 Å². The van der Waals surface area contributed by atoms with E-state index >= 15 is 0 Å². The van der Waals surface area contributed by atoms with Crippen LogP contribution in [0.1, 0.15) is 36.2 Å². The minimum absolute atomic E-state index is 0.0125. The van der Waals surface area contributed by atoms with Crippen molar-refractivity contribution in [1.82, 2.24) is 14.7 Å². The van der Waals surface area contributed by atoms with Crippen LogP contribution in [0.5, 0.6) is 0 Å². The Labute approximate surface area is 105 Å². The largest absolute Gasteiger partial charge is 0.481 e. The minimum Gasteiger partial charge on any atom is -0.481 e. The third-order valence-electron chi connectivity index (χ3n) is 3.23. The predicted molar refractivity (Wildman–Crippen MR) is 64.1 cm³/mol. The summed E-state index contributed by atoms with van der Waals surface area (Å²) in [5.74, 6) is -1.03. The molecular weight excluding hydrogens is 234 g/mol. The Kier molecular flexibility index (Phi) is 3.64. The van der Waals surface area contributed by atoms with Crippen LogP contribution in [0, 0.1) is 0 Å². The SMILES string of the molecule is Cn1ccc(C(=O)N2CCCCC2CC(=O)O)n1. The molecule has 2 heterocycles.